The van der Waals surface area contributed by atoms with E-state index < -0.39 is 17.8 Å². The van der Waals surface area contributed by atoms with E-state index in [1.807, 2.05) is 0 Å². The van der Waals surface area contributed by atoms with Gasteiger partial charge in [-0.25, -0.2) is 9.78 Å². The predicted molar refractivity (Wildman–Crippen MR) is 66.4 cm³/mol. The molecule has 0 aliphatic rings. The topological polar surface area (TPSA) is 52.1 Å². The van der Waals surface area contributed by atoms with E-state index in [1.54, 1.807) is 6.92 Å². The molecule has 0 aromatic carbocycles. The van der Waals surface area contributed by atoms with Crippen molar-refractivity contribution in [1.82, 2.24) is 9.97 Å². The zero-order valence-corrected chi connectivity index (χ0v) is 11.3. The number of nitrogens with zero attached hydrogens (tertiary/aromatic N) is 2. The second-order valence-corrected chi connectivity index (χ2v) is 5.05. The van der Waals surface area contributed by atoms with Gasteiger partial charge in [0.05, 0.1) is 7.11 Å². The summed E-state index contributed by atoms with van der Waals surface area (Å²) in [6, 6.07) is 2.15. The van der Waals surface area contributed by atoms with Crippen molar-refractivity contribution < 1.29 is 22.7 Å². The van der Waals surface area contributed by atoms with Gasteiger partial charge in [-0.1, -0.05) is 0 Å². The Morgan fingerprint density at radius 1 is 1.35 bits per heavy atom. The molecule has 0 aliphatic heterocycles. The monoisotopic (exact) mass is 302 g/mol. The summed E-state index contributed by atoms with van der Waals surface area (Å²) in [7, 11) is 1.24. The molecule has 0 aliphatic carbocycles. The van der Waals surface area contributed by atoms with Crippen LogP contribution in [0.3, 0.4) is 0 Å². The zero-order valence-electron chi connectivity index (χ0n) is 10.5. The summed E-state index contributed by atoms with van der Waals surface area (Å²) in [4.78, 5) is 19.5. The number of carbonyl (C=O) groups excluding carboxylic acids is 1. The van der Waals surface area contributed by atoms with Crippen LogP contribution in [0.2, 0.25) is 0 Å². The summed E-state index contributed by atoms with van der Waals surface area (Å²) in [5.41, 5.74) is -0.392. The highest BCUT2D eigenvalue weighted by atomic mass is 32.1. The second kappa shape index (κ2) is 5.20. The summed E-state index contributed by atoms with van der Waals surface area (Å²) in [5.74, 6) is -0.579. The van der Waals surface area contributed by atoms with Crippen LogP contribution in [0, 0.1) is 6.92 Å². The summed E-state index contributed by atoms with van der Waals surface area (Å²) >= 11 is 1.19. The minimum absolute atomic E-state index is 0.160. The number of thiazole rings is 1. The first-order valence-corrected chi connectivity index (χ1v) is 6.24. The Kier molecular flexibility index (Phi) is 3.76. The Balaban J connectivity index is 2.35. The van der Waals surface area contributed by atoms with Crippen LogP contribution < -0.4 is 0 Å². The number of rotatable bonds is 2. The first kappa shape index (κ1) is 14.4. The maximum absolute atomic E-state index is 12.4. The summed E-state index contributed by atoms with van der Waals surface area (Å²) in [6.45, 7) is 1.69. The fourth-order valence-electron chi connectivity index (χ4n) is 1.49. The van der Waals surface area contributed by atoms with Gasteiger partial charge in [-0.2, -0.15) is 13.2 Å². The number of pyridine rings is 1. The van der Waals surface area contributed by atoms with Crippen molar-refractivity contribution in [3.63, 3.8) is 0 Å². The number of esters is 1. The number of aryl methyl sites for hydroxylation is 1. The molecule has 0 fully saturated rings. The lowest BCUT2D eigenvalue weighted by Gasteiger charge is -2.05. The molecule has 0 saturated heterocycles. The molecule has 0 spiro atoms. The number of hydrogen-bond acceptors (Lipinski definition) is 5. The van der Waals surface area contributed by atoms with E-state index in [-0.39, 0.29) is 5.69 Å². The minimum atomic E-state index is -4.48. The highest BCUT2D eigenvalue weighted by Gasteiger charge is 2.32. The molecular formula is C12H9F3N2O2S. The van der Waals surface area contributed by atoms with Gasteiger partial charge >= 0.3 is 12.1 Å². The van der Waals surface area contributed by atoms with Crippen LogP contribution in [-0.4, -0.2) is 23.0 Å². The molecule has 0 N–H and O–H groups in total. The fraction of sp³-hybridized carbons (Fsp3) is 0.250. The molecule has 2 rings (SSSR count). The van der Waals surface area contributed by atoms with E-state index in [2.05, 4.69) is 14.7 Å². The molecule has 106 valence electrons. The molecule has 0 saturated carbocycles. The first-order chi connectivity index (χ1) is 9.32. The average molecular weight is 302 g/mol. The lowest BCUT2D eigenvalue weighted by atomic mass is 10.2. The molecule has 2 aromatic rings. The van der Waals surface area contributed by atoms with Gasteiger partial charge in [-0.15, -0.1) is 11.3 Å². The zero-order chi connectivity index (χ0) is 14.9. The molecule has 4 nitrogen and oxygen atoms in total. The molecule has 20 heavy (non-hydrogen) atoms. The van der Waals surface area contributed by atoms with Crippen LogP contribution in [0.15, 0.2) is 18.3 Å². The summed E-state index contributed by atoms with van der Waals surface area (Å²) in [5, 5.41) is 0.420. The van der Waals surface area contributed by atoms with Crippen molar-refractivity contribution in [1.29, 1.82) is 0 Å². The first-order valence-electron chi connectivity index (χ1n) is 5.42. The van der Waals surface area contributed by atoms with E-state index >= 15 is 0 Å². The average Bonchev–Trinajstić information content (AvgIpc) is 2.79. The lowest BCUT2D eigenvalue weighted by Crippen LogP contribution is -2.07. The van der Waals surface area contributed by atoms with Crippen LogP contribution in [-0.2, 0) is 10.9 Å². The highest BCUT2D eigenvalue weighted by molar-refractivity contribution is 7.15. The van der Waals surface area contributed by atoms with Gasteiger partial charge in [-0.3, -0.25) is 4.98 Å². The number of methoxy groups -OCH3 is 1. The van der Waals surface area contributed by atoms with Crippen molar-refractivity contribution in [3.05, 3.63) is 34.6 Å². The Labute approximate surface area is 116 Å². The van der Waals surface area contributed by atoms with Gasteiger partial charge in [0, 0.05) is 16.6 Å². The van der Waals surface area contributed by atoms with Crippen LogP contribution >= 0.6 is 11.3 Å². The van der Waals surface area contributed by atoms with E-state index in [0.29, 0.717) is 15.4 Å². The maximum atomic E-state index is 12.4. The van der Waals surface area contributed by atoms with Crippen molar-refractivity contribution in [2.45, 2.75) is 13.1 Å². The Morgan fingerprint density at radius 3 is 2.55 bits per heavy atom. The lowest BCUT2D eigenvalue weighted by molar-refractivity contribution is -0.141. The van der Waals surface area contributed by atoms with Crippen molar-refractivity contribution >= 4 is 17.3 Å². The predicted octanol–water partition coefficient (Wildman–Crippen LogP) is 3.32. The maximum Gasteiger partial charge on any atom is 0.433 e. The van der Waals surface area contributed by atoms with Gasteiger partial charge in [0.15, 0.2) is 5.69 Å². The van der Waals surface area contributed by atoms with Crippen molar-refractivity contribution in [2.24, 2.45) is 0 Å². The second-order valence-electron chi connectivity index (χ2n) is 3.85. The Morgan fingerprint density at radius 2 is 2.05 bits per heavy atom. The van der Waals surface area contributed by atoms with Crippen LogP contribution in [0.5, 0.6) is 0 Å². The number of carbonyl (C=O) groups is 1. The van der Waals surface area contributed by atoms with E-state index in [4.69, 9.17) is 0 Å². The minimum Gasteiger partial charge on any atom is -0.464 e. The third-order valence-electron chi connectivity index (χ3n) is 2.48. The Bertz CT molecular complexity index is 635. The van der Waals surface area contributed by atoms with Gasteiger partial charge in [0.25, 0.3) is 0 Å². The number of alkyl halides is 3. The summed E-state index contributed by atoms with van der Waals surface area (Å²) in [6.07, 6.45) is -3.39. The molecule has 2 aromatic heterocycles. The molecule has 0 radical (unpaired) electrons. The standard InChI is InChI=1S/C12H9F3N2O2S/c1-6-9(11(18)19-2)17-10(20-6)7-3-4-8(16-5-7)12(13,14)15/h3-5H,1-2H3. The number of aromatic nitrogens is 2. The smallest absolute Gasteiger partial charge is 0.433 e. The third kappa shape index (κ3) is 2.79. The summed E-state index contributed by atoms with van der Waals surface area (Å²) < 4.78 is 41.8. The normalized spacial score (nSPS) is 11.4. The van der Waals surface area contributed by atoms with E-state index in [9.17, 15) is 18.0 Å². The Hall–Kier alpha value is -1.96. The molecule has 0 unspecified atom stereocenters. The quantitative estimate of drug-likeness (QED) is 0.799. The van der Waals surface area contributed by atoms with Gasteiger partial charge < -0.3 is 4.74 Å². The fourth-order valence-corrected chi connectivity index (χ4v) is 2.39. The van der Waals surface area contributed by atoms with Crippen LogP contribution in [0.25, 0.3) is 10.6 Å². The number of halogens is 3. The van der Waals surface area contributed by atoms with Gasteiger partial charge in [-0.05, 0) is 19.1 Å². The molecule has 8 heteroatoms. The van der Waals surface area contributed by atoms with Crippen LogP contribution in [0.4, 0.5) is 13.2 Å². The molecule has 0 bridgehead atoms. The number of hydrogen-bond donors (Lipinski definition) is 0. The van der Waals surface area contributed by atoms with Crippen LogP contribution in [0.1, 0.15) is 21.1 Å². The SMILES string of the molecule is COC(=O)c1nc(-c2ccc(C(F)(F)F)nc2)sc1C. The van der Waals surface area contributed by atoms with Gasteiger partial charge in [0.1, 0.15) is 10.7 Å². The van der Waals surface area contributed by atoms with Gasteiger partial charge in [0.2, 0.25) is 0 Å². The largest absolute Gasteiger partial charge is 0.464 e. The van der Waals surface area contributed by atoms with Crippen molar-refractivity contribution in [2.75, 3.05) is 7.11 Å². The molecule has 0 amide bonds. The van der Waals surface area contributed by atoms with E-state index in [0.717, 1.165) is 12.3 Å². The number of ether oxygens (including phenoxy) is 1. The third-order valence-corrected chi connectivity index (χ3v) is 3.50. The van der Waals surface area contributed by atoms with E-state index in [1.165, 1.54) is 24.5 Å². The molecule has 0 atom stereocenters. The molecule has 2 heterocycles. The molecular weight excluding hydrogens is 293 g/mol. The highest BCUT2D eigenvalue weighted by Crippen LogP contribution is 2.31. The van der Waals surface area contributed by atoms with Crippen molar-refractivity contribution in [3.8, 4) is 10.6 Å².